The number of benzene rings is 2. The third kappa shape index (κ3) is 6.34. The predicted molar refractivity (Wildman–Crippen MR) is 128 cm³/mol. The smallest absolute Gasteiger partial charge is 0.416 e. The molecule has 0 N–H and O–H groups in total. The Balaban J connectivity index is 2.18. The Bertz CT molecular complexity index is 1200. The minimum Gasteiger partial charge on any atom is -0.496 e. The van der Waals surface area contributed by atoms with Crippen LogP contribution in [0.25, 0.3) is 0 Å². The number of rotatable bonds is 5. The van der Waals surface area contributed by atoms with E-state index < -0.39 is 59.9 Å². The van der Waals surface area contributed by atoms with Crippen molar-refractivity contribution in [1.29, 1.82) is 0 Å². The molecule has 2 aromatic rings. The maximum absolute atomic E-state index is 13.5. The fourth-order valence-electron chi connectivity index (χ4n) is 4.68. The quantitative estimate of drug-likeness (QED) is 0.364. The zero-order valence-electron chi connectivity index (χ0n) is 21.9. The van der Waals surface area contributed by atoms with Crippen LogP contribution in [-0.4, -0.2) is 44.0 Å². The number of carbonyl (C=O) groups excluding carboxylic acids is 2. The molecule has 0 bridgehead atoms. The van der Waals surface area contributed by atoms with Gasteiger partial charge in [-0.15, -0.1) is 0 Å². The number of ether oxygens (including phenoxy) is 3. The van der Waals surface area contributed by atoms with Gasteiger partial charge >= 0.3 is 24.5 Å². The van der Waals surface area contributed by atoms with Gasteiger partial charge in [-0.05, 0) is 68.1 Å². The summed E-state index contributed by atoms with van der Waals surface area (Å²) < 4.78 is 96.3. The van der Waals surface area contributed by atoms with Gasteiger partial charge in [0.15, 0.2) is 0 Å². The number of halogens is 6. The van der Waals surface area contributed by atoms with Gasteiger partial charge in [0.05, 0.1) is 43.7 Å². The van der Waals surface area contributed by atoms with Gasteiger partial charge in [0.1, 0.15) is 5.75 Å². The lowest BCUT2D eigenvalue weighted by Crippen LogP contribution is -2.47. The van der Waals surface area contributed by atoms with Crippen molar-refractivity contribution in [3.05, 3.63) is 58.1 Å². The van der Waals surface area contributed by atoms with E-state index in [1.807, 2.05) is 0 Å². The Labute approximate surface area is 221 Å². The summed E-state index contributed by atoms with van der Waals surface area (Å²) >= 11 is 0. The lowest BCUT2D eigenvalue weighted by Gasteiger charge is -2.42. The number of methoxy groups -OCH3 is 2. The third-order valence-electron chi connectivity index (χ3n) is 6.42. The highest BCUT2D eigenvalue weighted by molar-refractivity contribution is 5.91. The van der Waals surface area contributed by atoms with Crippen molar-refractivity contribution in [3.8, 4) is 5.75 Å². The number of hydrogen-bond donors (Lipinski definition) is 0. The Kier molecular flexibility index (Phi) is 8.61. The van der Waals surface area contributed by atoms with E-state index in [1.165, 1.54) is 12.0 Å². The molecule has 1 aliphatic heterocycles. The van der Waals surface area contributed by atoms with Gasteiger partial charge in [-0.3, -0.25) is 9.80 Å². The van der Waals surface area contributed by atoms with Crippen molar-refractivity contribution in [2.75, 3.05) is 25.7 Å². The van der Waals surface area contributed by atoms with Crippen molar-refractivity contribution in [2.45, 2.75) is 58.2 Å². The molecule has 0 saturated carbocycles. The number of hydrogen-bond acceptors (Lipinski definition) is 5. The lowest BCUT2D eigenvalue weighted by molar-refractivity contribution is -0.143. The topological polar surface area (TPSA) is 68.3 Å². The summed E-state index contributed by atoms with van der Waals surface area (Å²) in [6.45, 7) is 4.50. The van der Waals surface area contributed by atoms with Crippen molar-refractivity contribution >= 4 is 17.9 Å². The molecule has 0 saturated heterocycles. The average Bonchev–Trinajstić information content (AvgIpc) is 2.85. The molecule has 0 aromatic heterocycles. The largest absolute Gasteiger partial charge is 0.496 e. The Morgan fingerprint density at radius 2 is 1.59 bits per heavy atom. The van der Waals surface area contributed by atoms with Gasteiger partial charge < -0.3 is 14.2 Å². The first-order chi connectivity index (χ1) is 18.1. The van der Waals surface area contributed by atoms with Crippen molar-refractivity contribution in [1.82, 2.24) is 4.90 Å². The molecule has 0 unspecified atom stereocenters. The summed E-state index contributed by atoms with van der Waals surface area (Å²) in [6.07, 6.45) is -11.6. The normalized spacial score (nSPS) is 17.4. The second-order valence-electron chi connectivity index (χ2n) is 9.06. The Morgan fingerprint density at radius 1 is 1.00 bits per heavy atom. The van der Waals surface area contributed by atoms with E-state index in [0.29, 0.717) is 34.7 Å². The van der Waals surface area contributed by atoms with Gasteiger partial charge in [0.25, 0.3) is 0 Å². The van der Waals surface area contributed by atoms with E-state index in [9.17, 15) is 35.9 Å². The van der Waals surface area contributed by atoms with Gasteiger partial charge in [0, 0.05) is 18.7 Å². The number of aryl methyl sites for hydroxylation is 1. The van der Waals surface area contributed by atoms with Crippen LogP contribution in [0.4, 0.5) is 41.6 Å². The highest BCUT2D eigenvalue weighted by Crippen LogP contribution is 2.45. The van der Waals surface area contributed by atoms with Crippen molar-refractivity contribution < 1.29 is 50.1 Å². The predicted octanol–water partition coefficient (Wildman–Crippen LogP) is 7.11. The summed E-state index contributed by atoms with van der Waals surface area (Å²) in [6, 6.07) is 2.95. The minimum absolute atomic E-state index is 0.0246. The maximum atomic E-state index is 13.5. The van der Waals surface area contributed by atoms with Crippen LogP contribution in [0.2, 0.25) is 0 Å². The highest BCUT2D eigenvalue weighted by Gasteiger charge is 2.41. The van der Waals surface area contributed by atoms with Crippen LogP contribution < -0.4 is 9.64 Å². The van der Waals surface area contributed by atoms with Gasteiger partial charge in [-0.2, -0.15) is 26.3 Å². The first kappa shape index (κ1) is 29.9. The fourth-order valence-corrected chi connectivity index (χ4v) is 4.68. The molecular weight excluding hydrogens is 534 g/mol. The molecule has 0 aliphatic carbocycles. The second kappa shape index (κ2) is 11.2. The van der Waals surface area contributed by atoms with Crippen molar-refractivity contribution in [2.24, 2.45) is 0 Å². The molecular formula is C26H28F6N2O5. The molecule has 1 aliphatic rings. The van der Waals surface area contributed by atoms with E-state index in [0.717, 1.165) is 12.0 Å². The van der Waals surface area contributed by atoms with Gasteiger partial charge in [0.2, 0.25) is 0 Å². The van der Waals surface area contributed by atoms with Crippen LogP contribution in [0.5, 0.6) is 5.75 Å². The number of carbonyl (C=O) groups is 2. The monoisotopic (exact) mass is 562 g/mol. The molecule has 214 valence electrons. The highest BCUT2D eigenvalue weighted by atomic mass is 19.4. The van der Waals surface area contributed by atoms with Gasteiger partial charge in [-0.25, -0.2) is 9.59 Å². The minimum atomic E-state index is -5.05. The summed E-state index contributed by atoms with van der Waals surface area (Å²) in [5, 5.41) is 0. The summed E-state index contributed by atoms with van der Waals surface area (Å²) in [5.74, 6) is 0.424. The van der Waals surface area contributed by atoms with Crippen LogP contribution in [0.3, 0.4) is 0 Å². The van der Waals surface area contributed by atoms with Crippen LogP contribution in [0.15, 0.2) is 30.3 Å². The van der Waals surface area contributed by atoms with Crippen LogP contribution in [0, 0.1) is 6.92 Å². The van der Waals surface area contributed by atoms with Gasteiger partial charge in [-0.1, -0.05) is 0 Å². The average molecular weight is 563 g/mol. The first-order valence-electron chi connectivity index (χ1n) is 11.9. The Hall–Kier alpha value is -3.64. The molecule has 0 spiro atoms. The molecule has 1 heterocycles. The number of nitrogens with zero attached hydrogens (tertiary/aromatic N) is 2. The van der Waals surface area contributed by atoms with E-state index in [-0.39, 0.29) is 19.1 Å². The van der Waals surface area contributed by atoms with Crippen molar-refractivity contribution in [3.63, 3.8) is 0 Å². The van der Waals surface area contributed by atoms with E-state index >= 15 is 0 Å². The zero-order valence-corrected chi connectivity index (χ0v) is 21.9. The van der Waals surface area contributed by atoms with E-state index in [1.54, 1.807) is 32.9 Å². The van der Waals surface area contributed by atoms with Crippen LogP contribution >= 0.6 is 0 Å². The third-order valence-corrected chi connectivity index (χ3v) is 6.42. The maximum Gasteiger partial charge on any atom is 0.416 e. The number of anilines is 1. The molecule has 0 radical (unpaired) electrons. The molecule has 2 aromatic carbocycles. The summed E-state index contributed by atoms with van der Waals surface area (Å²) in [7, 11) is 2.49. The summed E-state index contributed by atoms with van der Waals surface area (Å²) in [4.78, 5) is 28.2. The van der Waals surface area contributed by atoms with Crippen LogP contribution in [0.1, 0.15) is 54.1 Å². The van der Waals surface area contributed by atoms with E-state index in [4.69, 9.17) is 14.2 Å². The molecule has 7 nitrogen and oxygen atoms in total. The standard InChI is InChI=1S/C26H28F6N2O5/c1-6-39-24(36)34-15(3)8-20(19-7-14(2)22(37-4)12-21(19)34)33(23(35)38-5)13-16-9-17(25(27,28)29)11-18(10-16)26(30,31)32/h7,9-12,15,20H,6,8,13H2,1-5H3/t15-,20+/m0/s1. The van der Waals surface area contributed by atoms with E-state index in [2.05, 4.69) is 0 Å². The summed E-state index contributed by atoms with van der Waals surface area (Å²) in [5.41, 5.74) is -2.01. The second-order valence-corrected chi connectivity index (χ2v) is 9.06. The number of alkyl halides is 6. The molecule has 0 fully saturated rings. The molecule has 2 atom stereocenters. The molecule has 3 rings (SSSR count). The SMILES string of the molecule is CCOC(=O)N1c2cc(OC)c(C)cc2[C@H](N(Cc2cc(C(F)(F)F)cc(C(F)(F)F)c2)C(=O)OC)C[C@@H]1C. The first-order valence-corrected chi connectivity index (χ1v) is 11.9. The molecule has 39 heavy (non-hydrogen) atoms. The fraction of sp³-hybridized carbons (Fsp3) is 0.462. The molecule has 2 amide bonds. The van der Waals surface area contributed by atoms with Crippen LogP contribution in [-0.2, 0) is 28.4 Å². The lowest BCUT2D eigenvalue weighted by atomic mass is 9.89. The molecule has 13 heteroatoms. The zero-order chi connectivity index (χ0) is 29.3. The number of fused-ring (bicyclic) bond motifs is 1. The Morgan fingerprint density at radius 3 is 2.08 bits per heavy atom. The number of amides is 2.